The number of para-hydroxylation sites is 1. The number of halogens is 1. The first kappa shape index (κ1) is 61.9. The smallest absolute Gasteiger partial charge is 0.305 e. The minimum atomic E-state index is -1.25. The molecule has 6 aromatic rings. The van der Waals surface area contributed by atoms with E-state index < -0.39 is 60.1 Å². The lowest BCUT2D eigenvalue weighted by molar-refractivity contribution is -0.140. The topological polar surface area (TPSA) is 284 Å². The van der Waals surface area contributed by atoms with Crippen molar-refractivity contribution in [2.45, 2.75) is 96.1 Å². The molecule has 0 aliphatic carbocycles. The predicted octanol–water partition coefficient (Wildman–Crippen LogP) is 6.50. The SMILES string of the molecule is CC(C)c1c(C(=O)Nc2ccccc2)c(-c2cccc(OCCCc3cn(CCOCCOCCOCCOCCNc4ccc5c(c4)C(=O)N(C4CCC(=O)NC4=O)C5=O)nn3)c2)c(-c2ccc(F)cc2)n1CCC(O)CC(O)CC(=O)O. The van der Waals surface area contributed by atoms with Gasteiger partial charge < -0.3 is 54.2 Å². The molecule has 22 nitrogen and oxygen atoms in total. The van der Waals surface area contributed by atoms with Gasteiger partial charge in [0.2, 0.25) is 11.8 Å². The molecule has 5 amide bonds. The lowest BCUT2D eigenvalue weighted by Gasteiger charge is -2.27. The highest BCUT2D eigenvalue weighted by Gasteiger charge is 2.44. The van der Waals surface area contributed by atoms with Gasteiger partial charge >= 0.3 is 5.97 Å². The number of nitrogens with one attached hydrogen (secondary N) is 3. The van der Waals surface area contributed by atoms with Crippen molar-refractivity contribution in [3.63, 3.8) is 0 Å². The van der Waals surface area contributed by atoms with E-state index in [1.165, 1.54) is 12.1 Å². The number of aliphatic hydroxyl groups excluding tert-OH is 2. The molecule has 1 fully saturated rings. The van der Waals surface area contributed by atoms with Crippen LogP contribution in [-0.4, -0.2) is 160 Å². The first-order chi connectivity index (χ1) is 40.6. The Labute approximate surface area is 485 Å². The van der Waals surface area contributed by atoms with Crippen molar-refractivity contribution >= 4 is 46.9 Å². The van der Waals surface area contributed by atoms with Crippen LogP contribution < -0.4 is 20.7 Å². The molecule has 8 rings (SSSR count). The number of carboxylic acid groups (broad SMARTS) is 1. The average molecular weight is 1160 g/mol. The number of imide groups is 2. The largest absolute Gasteiger partial charge is 0.494 e. The zero-order valence-electron chi connectivity index (χ0n) is 47.0. The van der Waals surface area contributed by atoms with Crippen molar-refractivity contribution < 1.29 is 72.2 Å². The third-order valence-corrected chi connectivity index (χ3v) is 14.0. The summed E-state index contributed by atoms with van der Waals surface area (Å²) in [6.07, 6.45) is 0.387. The number of rotatable bonds is 34. The molecule has 2 aromatic heterocycles. The first-order valence-corrected chi connectivity index (χ1v) is 28.1. The second-order valence-corrected chi connectivity index (χ2v) is 20.6. The van der Waals surface area contributed by atoms with Gasteiger partial charge in [0, 0.05) is 48.3 Å². The molecule has 0 spiro atoms. The van der Waals surface area contributed by atoms with Crippen LogP contribution >= 0.6 is 0 Å². The summed E-state index contributed by atoms with van der Waals surface area (Å²) < 4.78 is 47.1. The lowest BCUT2D eigenvalue weighted by Crippen LogP contribution is -2.54. The van der Waals surface area contributed by atoms with Crippen LogP contribution in [0.25, 0.3) is 22.4 Å². The Kier molecular flexibility index (Phi) is 22.4. The molecule has 3 unspecified atom stereocenters. The Morgan fingerprint density at radius 2 is 1.46 bits per heavy atom. The molecule has 1 saturated heterocycles. The van der Waals surface area contributed by atoms with Gasteiger partial charge in [-0.15, -0.1) is 5.10 Å². The number of aliphatic carboxylic acids is 1. The van der Waals surface area contributed by atoms with Crippen molar-refractivity contribution in [1.82, 2.24) is 29.8 Å². The van der Waals surface area contributed by atoms with Crippen LogP contribution in [0.15, 0.2) is 103 Å². The Bertz CT molecular complexity index is 3220. The maximum absolute atomic E-state index is 14.7. The number of aryl methyl sites for hydroxylation is 1. The standard InChI is InChI=1S/C61H71FN8O14/c1-39(2)56-55(59(77)64-43-9-4-3-5-10-43)54(57(40-13-15-42(62)16-14-40)69(56)23-21-46(71)36-47(72)37-53(74)75)41-8-6-12-48(34-41)84-25-7-11-45-38-68(67-66-45)24-27-81-29-31-83-33-32-82-30-28-80-26-22-63-44-17-18-49-50(35-44)61(79)70(60(49)78)51-19-20-52(73)65-58(51)76/h3-6,8-10,12-18,34-35,38-39,46-47,51,63,71-72H,7,11,19-33,36-37H2,1-2H3,(H,64,77)(H,74,75)(H,65,73,76). The van der Waals surface area contributed by atoms with Gasteiger partial charge in [0.25, 0.3) is 17.7 Å². The maximum Gasteiger partial charge on any atom is 0.305 e. The van der Waals surface area contributed by atoms with Crippen LogP contribution in [0.5, 0.6) is 5.75 Å². The Morgan fingerprint density at radius 1 is 0.762 bits per heavy atom. The predicted molar refractivity (Wildman–Crippen MR) is 306 cm³/mol. The second kappa shape index (κ2) is 30.4. The molecule has 2 aliphatic rings. The molecule has 23 heteroatoms. The van der Waals surface area contributed by atoms with Gasteiger partial charge in [-0.25, -0.2) is 9.07 Å². The van der Waals surface area contributed by atoms with Crippen molar-refractivity contribution in [2.24, 2.45) is 0 Å². The minimum absolute atomic E-state index is 0.0530. The summed E-state index contributed by atoms with van der Waals surface area (Å²) in [5.74, 6) is -3.86. The number of benzene rings is 4. The highest BCUT2D eigenvalue weighted by atomic mass is 19.1. The number of ether oxygens (including phenoxy) is 5. The maximum atomic E-state index is 14.7. The van der Waals surface area contributed by atoms with E-state index in [1.54, 1.807) is 47.1 Å². The summed E-state index contributed by atoms with van der Waals surface area (Å²) in [4.78, 5) is 76.7. The number of piperidine rings is 1. The highest BCUT2D eigenvalue weighted by Crippen LogP contribution is 2.44. The van der Waals surface area contributed by atoms with Gasteiger partial charge in [-0.05, 0) is 116 Å². The normalized spacial score (nSPS) is 14.9. The summed E-state index contributed by atoms with van der Waals surface area (Å²) in [6.45, 7) is 8.43. The van der Waals surface area contributed by atoms with Crippen LogP contribution in [-0.2, 0) is 52.8 Å². The molecule has 2 aliphatic heterocycles. The molecule has 3 atom stereocenters. The number of carbonyl (C=O) groups is 6. The van der Waals surface area contributed by atoms with Crippen LogP contribution in [0, 0.1) is 5.82 Å². The summed E-state index contributed by atoms with van der Waals surface area (Å²) in [5.41, 5.74) is 5.93. The number of hydrogen-bond acceptors (Lipinski definition) is 16. The number of amides is 5. The third kappa shape index (κ3) is 16.8. The zero-order valence-corrected chi connectivity index (χ0v) is 47.0. The summed E-state index contributed by atoms with van der Waals surface area (Å²) in [7, 11) is 0. The van der Waals surface area contributed by atoms with E-state index in [9.17, 15) is 48.5 Å². The van der Waals surface area contributed by atoms with Gasteiger partial charge in [-0.1, -0.05) is 49.4 Å². The van der Waals surface area contributed by atoms with Gasteiger partial charge in [0.1, 0.15) is 17.6 Å². The van der Waals surface area contributed by atoms with E-state index in [4.69, 9.17) is 23.7 Å². The number of carboxylic acids is 1. The number of anilines is 2. The molecule has 84 heavy (non-hydrogen) atoms. The van der Waals surface area contributed by atoms with E-state index in [2.05, 4.69) is 26.3 Å². The second-order valence-electron chi connectivity index (χ2n) is 20.6. The fourth-order valence-electron chi connectivity index (χ4n) is 10.1. The third-order valence-electron chi connectivity index (χ3n) is 14.0. The van der Waals surface area contributed by atoms with E-state index in [1.807, 2.05) is 67.1 Å². The van der Waals surface area contributed by atoms with Crippen molar-refractivity contribution in [2.75, 3.05) is 76.6 Å². The van der Waals surface area contributed by atoms with Crippen molar-refractivity contribution in [3.8, 4) is 28.1 Å². The molecule has 0 saturated carbocycles. The zero-order chi connectivity index (χ0) is 59.5. The first-order valence-electron chi connectivity index (χ1n) is 28.1. The van der Waals surface area contributed by atoms with Gasteiger partial charge in [-0.2, -0.15) is 0 Å². The average Bonchev–Trinajstić information content (AvgIpc) is 1.89. The van der Waals surface area contributed by atoms with E-state index in [0.29, 0.717) is 136 Å². The van der Waals surface area contributed by atoms with Crippen LogP contribution in [0.2, 0.25) is 0 Å². The number of fused-ring (bicyclic) bond motifs is 1. The van der Waals surface area contributed by atoms with Crippen LogP contribution in [0.3, 0.4) is 0 Å². The highest BCUT2D eigenvalue weighted by molar-refractivity contribution is 6.23. The minimum Gasteiger partial charge on any atom is -0.494 e. The van der Waals surface area contributed by atoms with Crippen molar-refractivity contribution in [1.29, 1.82) is 0 Å². The van der Waals surface area contributed by atoms with Gasteiger partial charge in [0.15, 0.2) is 0 Å². The molecule has 4 aromatic carbocycles. The molecule has 6 N–H and O–H groups in total. The summed E-state index contributed by atoms with van der Waals surface area (Å²) in [6, 6.07) is 26.3. The van der Waals surface area contributed by atoms with Crippen molar-refractivity contribution in [3.05, 3.63) is 137 Å². The van der Waals surface area contributed by atoms with E-state index >= 15 is 0 Å². The molecule has 0 bridgehead atoms. The van der Waals surface area contributed by atoms with E-state index in [0.717, 1.165) is 10.6 Å². The molecular weight excluding hydrogens is 1090 g/mol. The molecule has 4 heterocycles. The van der Waals surface area contributed by atoms with E-state index in [-0.39, 0.29) is 55.2 Å². The monoisotopic (exact) mass is 1160 g/mol. The summed E-state index contributed by atoms with van der Waals surface area (Å²) >= 11 is 0. The number of aromatic nitrogens is 4. The van der Waals surface area contributed by atoms with Crippen LogP contribution in [0.1, 0.15) is 101 Å². The Balaban J connectivity index is 0.746. The fraction of sp³-hybridized carbons (Fsp3) is 0.410. The number of aliphatic hydroxyl groups is 2. The molecule has 446 valence electrons. The Morgan fingerprint density at radius 3 is 2.17 bits per heavy atom. The molecule has 0 radical (unpaired) electrons. The van der Waals surface area contributed by atoms with Gasteiger partial charge in [0.05, 0.1) is 113 Å². The summed E-state index contributed by atoms with van der Waals surface area (Å²) in [5, 5.41) is 47.5. The fourth-order valence-corrected chi connectivity index (χ4v) is 10.1. The Hall–Kier alpha value is -8.19. The molecular formula is C61H71FN8O14. The number of hydrogen-bond donors (Lipinski definition) is 6. The quantitative estimate of drug-likeness (QED) is 0.0186. The number of nitrogens with zero attached hydrogens (tertiary/aromatic N) is 5. The number of carbonyl (C=O) groups excluding carboxylic acids is 5. The van der Waals surface area contributed by atoms with Crippen LogP contribution in [0.4, 0.5) is 15.8 Å². The van der Waals surface area contributed by atoms with Gasteiger partial charge in [-0.3, -0.25) is 39.0 Å². The lowest BCUT2D eigenvalue weighted by atomic mass is 9.94.